The standard InChI is InChI=1S/C21H21FN2O/c1-24(2)21-20-17(9-6-10-19(20)23-25-21)16-12-11-15(13-18(16)22)14-7-4-3-5-8-14/h3-5,7-8,11-13,17H,6,9-10H2,1-2H3. The van der Waals surface area contributed by atoms with Crippen LogP contribution in [0.3, 0.4) is 0 Å². The van der Waals surface area contributed by atoms with E-state index in [2.05, 4.69) is 5.16 Å². The first kappa shape index (κ1) is 15.9. The molecule has 0 radical (unpaired) electrons. The van der Waals surface area contributed by atoms with Gasteiger partial charge in [-0.3, -0.25) is 0 Å². The van der Waals surface area contributed by atoms with E-state index < -0.39 is 0 Å². The molecule has 1 aliphatic rings. The van der Waals surface area contributed by atoms with Crippen molar-refractivity contribution < 1.29 is 8.91 Å². The normalized spacial score (nSPS) is 16.5. The number of benzene rings is 2. The summed E-state index contributed by atoms with van der Waals surface area (Å²) in [5, 5.41) is 4.21. The third-order valence-electron chi connectivity index (χ3n) is 4.93. The summed E-state index contributed by atoms with van der Waals surface area (Å²) >= 11 is 0. The minimum Gasteiger partial charge on any atom is -0.346 e. The summed E-state index contributed by atoms with van der Waals surface area (Å²) in [4.78, 5) is 1.92. The topological polar surface area (TPSA) is 29.3 Å². The molecule has 0 fully saturated rings. The Bertz CT molecular complexity index is 886. The molecular weight excluding hydrogens is 315 g/mol. The van der Waals surface area contributed by atoms with Gasteiger partial charge in [0, 0.05) is 25.6 Å². The molecule has 0 aliphatic heterocycles. The molecule has 0 spiro atoms. The SMILES string of the molecule is CN(C)c1onc2c1C(c1ccc(-c3ccccc3)cc1F)CCC2. The number of halogens is 1. The fourth-order valence-corrected chi connectivity index (χ4v) is 3.72. The van der Waals surface area contributed by atoms with Crippen LogP contribution in [-0.2, 0) is 6.42 Å². The predicted octanol–water partition coefficient (Wildman–Crippen LogP) is 5.01. The maximum absolute atomic E-state index is 15.0. The van der Waals surface area contributed by atoms with Gasteiger partial charge < -0.3 is 9.42 Å². The number of fused-ring (bicyclic) bond motifs is 1. The van der Waals surface area contributed by atoms with Gasteiger partial charge in [0.15, 0.2) is 0 Å². The third kappa shape index (κ3) is 2.82. The number of anilines is 1. The summed E-state index contributed by atoms with van der Waals surface area (Å²) in [7, 11) is 3.86. The van der Waals surface area contributed by atoms with E-state index in [9.17, 15) is 4.39 Å². The van der Waals surface area contributed by atoms with E-state index in [1.54, 1.807) is 6.07 Å². The lowest BCUT2D eigenvalue weighted by atomic mass is 9.81. The lowest BCUT2D eigenvalue weighted by molar-refractivity contribution is 0.415. The first-order valence-electron chi connectivity index (χ1n) is 8.66. The molecule has 4 heteroatoms. The predicted molar refractivity (Wildman–Crippen MR) is 97.4 cm³/mol. The van der Waals surface area contributed by atoms with Crippen LogP contribution >= 0.6 is 0 Å². The second kappa shape index (κ2) is 6.36. The van der Waals surface area contributed by atoms with Crippen molar-refractivity contribution in [2.75, 3.05) is 19.0 Å². The largest absolute Gasteiger partial charge is 0.346 e. The Balaban J connectivity index is 1.76. The van der Waals surface area contributed by atoms with Crippen LogP contribution in [0, 0.1) is 5.82 Å². The first-order valence-corrected chi connectivity index (χ1v) is 8.66. The highest BCUT2D eigenvalue weighted by Crippen LogP contribution is 2.42. The summed E-state index contributed by atoms with van der Waals surface area (Å²) in [6, 6.07) is 15.5. The molecule has 0 bridgehead atoms. The van der Waals surface area contributed by atoms with Crippen LogP contribution in [0.5, 0.6) is 0 Å². The third-order valence-corrected chi connectivity index (χ3v) is 4.93. The lowest BCUT2D eigenvalue weighted by Gasteiger charge is -2.24. The van der Waals surface area contributed by atoms with Gasteiger partial charge in [-0.05, 0) is 42.0 Å². The Morgan fingerprint density at radius 2 is 1.88 bits per heavy atom. The van der Waals surface area contributed by atoms with Crippen molar-refractivity contribution in [3.63, 3.8) is 0 Å². The van der Waals surface area contributed by atoms with Crippen LogP contribution in [-0.4, -0.2) is 19.3 Å². The quantitative estimate of drug-likeness (QED) is 0.673. The molecule has 0 amide bonds. The highest BCUT2D eigenvalue weighted by Gasteiger charge is 2.31. The van der Waals surface area contributed by atoms with Gasteiger partial charge in [-0.25, -0.2) is 4.39 Å². The van der Waals surface area contributed by atoms with Gasteiger partial charge in [-0.2, -0.15) is 0 Å². The van der Waals surface area contributed by atoms with Crippen molar-refractivity contribution in [1.29, 1.82) is 0 Å². The summed E-state index contributed by atoms with van der Waals surface area (Å²) in [5.74, 6) is 0.577. The van der Waals surface area contributed by atoms with E-state index in [-0.39, 0.29) is 11.7 Å². The fourth-order valence-electron chi connectivity index (χ4n) is 3.72. The molecule has 0 saturated heterocycles. The average molecular weight is 336 g/mol. The van der Waals surface area contributed by atoms with Crippen LogP contribution in [0.25, 0.3) is 11.1 Å². The monoisotopic (exact) mass is 336 g/mol. The van der Waals surface area contributed by atoms with E-state index in [0.29, 0.717) is 0 Å². The molecule has 1 atom stereocenters. The Labute approximate surface area is 147 Å². The summed E-state index contributed by atoms with van der Waals surface area (Å²) in [6.45, 7) is 0. The number of hydrogen-bond acceptors (Lipinski definition) is 3. The van der Waals surface area contributed by atoms with Crippen LogP contribution in [0.1, 0.15) is 35.6 Å². The molecule has 0 N–H and O–H groups in total. The van der Waals surface area contributed by atoms with Crippen LogP contribution in [0.4, 0.5) is 10.3 Å². The number of aryl methyl sites for hydroxylation is 1. The van der Waals surface area contributed by atoms with E-state index in [1.165, 1.54) is 0 Å². The Morgan fingerprint density at radius 3 is 2.60 bits per heavy atom. The Morgan fingerprint density at radius 1 is 1.08 bits per heavy atom. The number of rotatable bonds is 3. The van der Waals surface area contributed by atoms with Crippen molar-refractivity contribution in [1.82, 2.24) is 5.16 Å². The van der Waals surface area contributed by atoms with Crippen molar-refractivity contribution in [3.8, 4) is 11.1 Å². The molecule has 1 aromatic heterocycles. The van der Waals surface area contributed by atoms with Gasteiger partial charge in [0.05, 0.1) is 5.69 Å². The van der Waals surface area contributed by atoms with Crippen molar-refractivity contribution in [3.05, 3.63) is 71.2 Å². The van der Waals surface area contributed by atoms with Crippen LogP contribution in [0.15, 0.2) is 53.1 Å². The maximum Gasteiger partial charge on any atom is 0.230 e. The maximum atomic E-state index is 15.0. The number of nitrogens with zero attached hydrogens (tertiary/aromatic N) is 2. The first-order chi connectivity index (χ1) is 12.1. The number of hydrogen-bond donors (Lipinski definition) is 0. The zero-order valence-electron chi connectivity index (χ0n) is 14.5. The summed E-state index contributed by atoms with van der Waals surface area (Å²) in [5.41, 5.74) is 4.66. The molecule has 3 nitrogen and oxygen atoms in total. The molecule has 4 rings (SSSR count). The molecule has 1 unspecified atom stereocenters. The zero-order valence-corrected chi connectivity index (χ0v) is 14.5. The smallest absolute Gasteiger partial charge is 0.230 e. The Hall–Kier alpha value is -2.62. The highest BCUT2D eigenvalue weighted by molar-refractivity contribution is 5.64. The molecule has 25 heavy (non-hydrogen) atoms. The molecule has 1 heterocycles. The van der Waals surface area contributed by atoms with Crippen molar-refractivity contribution in [2.24, 2.45) is 0 Å². The molecule has 0 saturated carbocycles. The molecule has 2 aromatic carbocycles. The van der Waals surface area contributed by atoms with Gasteiger partial charge in [0.1, 0.15) is 5.82 Å². The Kier molecular flexibility index (Phi) is 4.04. The number of aromatic nitrogens is 1. The highest BCUT2D eigenvalue weighted by atomic mass is 19.1. The second-order valence-electron chi connectivity index (χ2n) is 6.79. The van der Waals surface area contributed by atoms with Gasteiger partial charge >= 0.3 is 0 Å². The van der Waals surface area contributed by atoms with Gasteiger partial charge in [0.2, 0.25) is 5.88 Å². The van der Waals surface area contributed by atoms with E-state index in [1.807, 2.05) is 61.5 Å². The molecule has 128 valence electrons. The van der Waals surface area contributed by atoms with Crippen molar-refractivity contribution >= 4 is 5.88 Å². The van der Waals surface area contributed by atoms with Gasteiger partial charge in [-0.15, -0.1) is 0 Å². The zero-order chi connectivity index (χ0) is 17.4. The molecule has 3 aromatic rings. The van der Waals surface area contributed by atoms with E-state index >= 15 is 0 Å². The van der Waals surface area contributed by atoms with Gasteiger partial charge in [0.25, 0.3) is 0 Å². The van der Waals surface area contributed by atoms with Crippen LogP contribution < -0.4 is 4.90 Å². The summed E-state index contributed by atoms with van der Waals surface area (Å²) in [6.07, 6.45) is 2.81. The van der Waals surface area contributed by atoms with Gasteiger partial charge in [-0.1, -0.05) is 47.6 Å². The van der Waals surface area contributed by atoms with E-state index in [0.717, 1.165) is 53.1 Å². The second-order valence-corrected chi connectivity index (χ2v) is 6.79. The molecule has 1 aliphatic carbocycles. The minimum absolute atomic E-state index is 0.00257. The minimum atomic E-state index is -0.162. The van der Waals surface area contributed by atoms with Crippen LogP contribution in [0.2, 0.25) is 0 Å². The molecular formula is C21H21FN2O. The fraction of sp³-hybridized carbons (Fsp3) is 0.286. The van der Waals surface area contributed by atoms with Crippen molar-refractivity contribution in [2.45, 2.75) is 25.2 Å². The van der Waals surface area contributed by atoms with E-state index in [4.69, 9.17) is 4.52 Å². The lowest BCUT2D eigenvalue weighted by Crippen LogP contribution is -2.16. The average Bonchev–Trinajstić information content (AvgIpc) is 3.07. The summed E-state index contributed by atoms with van der Waals surface area (Å²) < 4.78 is 20.5.